The molecule has 2 rings (SSSR count). The van der Waals surface area contributed by atoms with E-state index in [9.17, 15) is 8.42 Å². The van der Waals surface area contributed by atoms with Crippen LogP contribution in [0, 0.1) is 0 Å². The fourth-order valence-electron chi connectivity index (χ4n) is 2.48. The number of benzene rings is 2. The molecule has 0 amide bonds. The zero-order valence-corrected chi connectivity index (χ0v) is 15.0. The SMILES string of the molecule is CC(C)(NS(=O)(=O)CCCc1ccccc1)c1ccc(Cl)cc1. The van der Waals surface area contributed by atoms with Crippen LogP contribution in [0.4, 0.5) is 0 Å². The van der Waals surface area contributed by atoms with E-state index in [1.54, 1.807) is 12.1 Å². The molecule has 124 valence electrons. The summed E-state index contributed by atoms with van der Waals surface area (Å²) in [5.41, 5.74) is 1.36. The molecule has 0 saturated heterocycles. The van der Waals surface area contributed by atoms with Crippen LogP contribution in [-0.4, -0.2) is 14.2 Å². The van der Waals surface area contributed by atoms with E-state index in [1.165, 1.54) is 0 Å². The van der Waals surface area contributed by atoms with Crippen LogP contribution in [0.5, 0.6) is 0 Å². The van der Waals surface area contributed by atoms with E-state index in [0.717, 1.165) is 17.5 Å². The molecule has 2 aromatic carbocycles. The van der Waals surface area contributed by atoms with Crippen LogP contribution in [0.1, 0.15) is 31.4 Å². The topological polar surface area (TPSA) is 46.2 Å². The zero-order valence-electron chi connectivity index (χ0n) is 13.4. The van der Waals surface area contributed by atoms with Crippen LogP contribution < -0.4 is 4.72 Å². The smallest absolute Gasteiger partial charge is 0.212 e. The average molecular weight is 352 g/mol. The molecule has 1 N–H and O–H groups in total. The quantitative estimate of drug-likeness (QED) is 0.815. The summed E-state index contributed by atoms with van der Waals surface area (Å²) in [7, 11) is -3.35. The van der Waals surface area contributed by atoms with Crippen molar-refractivity contribution in [2.24, 2.45) is 0 Å². The van der Waals surface area contributed by atoms with Crippen molar-refractivity contribution >= 4 is 21.6 Å². The maximum atomic E-state index is 12.3. The van der Waals surface area contributed by atoms with Crippen molar-refractivity contribution in [2.75, 3.05) is 5.75 Å². The number of hydrogen-bond donors (Lipinski definition) is 1. The molecule has 0 fully saturated rings. The van der Waals surface area contributed by atoms with Gasteiger partial charge in [0.1, 0.15) is 0 Å². The fourth-order valence-corrected chi connectivity index (χ4v) is 4.12. The molecule has 3 nitrogen and oxygen atoms in total. The summed E-state index contributed by atoms with van der Waals surface area (Å²) < 4.78 is 27.5. The van der Waals surface area contributed by atoms with Crippen molar-refractivity contribution in [1.29, 1.82) is 0 Å². The van der Waals surface area contributed by atoms with Gasteiger partial charge in [0.15, 0.2) is 0 Å². The molecule has 0 bridgehead atoms. The Morgan fingerprint density at radius 2 is 1.61 bits per heavy atom. The number of sulfonamides is 1. The third-order valence-corrected chi connectivity index (χ3v) is 5.60. The molecular formula is C18H22ClNO2S. The largest absolute Gasteiger partial charge is 0.212 e. The molecule has 0 aliphatic heterocycles. The molecule has 0 aliphatic carbocycles. The Bertz CT molecular complexity index is 725. The highest BCUT2D eigenvalue weighted by atomic mass is 35.5. The highest BCUT2D eigenvalue weighted by Gasteiger charge is 2.26. The Hall–Kier alpha value is -1.36. The van der Waals surface area contributed by atoms with Gasteiger partial charge in [0.2, 0.25) is 10.0 Å². The highest BCUT2D eigenvalue weighted by Crippen LogP contribution is 2.23. The van der Waals surface area contributed by atoms with Gasteiger partial charge in [-0.25, -0.2) is 13.1 Å². The van der Waals surface area contributed by atoms with E-state index in [2.05, 4.69) is 4.72 Å². The number of rotatable bonds is 7. The Morgan fingerprint density at radius 1 is 1.00 bits per heavy atom. The maximum Gasteiger partial charge on any atom is 0.212 e. The Labute approximate surface area is 143 Å². The first kappa shape index (κ1) is 18.0. The summed E-state index contributed by atoms with van der Waals surface area (Å²) in [6, 6.07) is 17.1. The van der Waals surface area contributed by atoms with Gasteiger partial charge in [-0.15, -0.1) is 0 Å². The van der Waals surface area contributed by atoms with E-state index in [1.807, 2.05) is 56.3 Å². The van der Waals surface area contributed by atoms with Gasteiger partial charge in [0.05, 0.1) is 11.3 Å². The molecule has 0 aliphatic rings. The third kappa shape index (κ3) is 5.65. The second-order valence-electron chi connectivity index (χ2n) is 6.14. The minimum atomic E-state index is -3.35. The number of hydrogen-bond acceptors (Lipinski definition) is 2. The normalized spacial score (nSPS) is 12.3. The van der Waals surface area contributed by atoms with E-state index in [4.69, 9.17) is 11.6 Å². The van der Waals surface area contributed by atoms with E-state index >= 15 is 0 Å². The molecule has 5 heteroatoms. The first-order chi connectivity index (χ1) is 10.8. The lowest BCUT2D eigenvalue weighted by Crippen LogP contribution is -2.42. The Balaban J connectivity index is 1.95. The van der Waals surface area contributed by atoms with Gasteiger partial charge in [-0.05, 0) is 49.9 Å². The van der Waals surface area contributed by atoms with Crippen molar-refractivity contribution in [1.82, 2.24) is 4.72 Å². The van der Waals surface area contributed by atoms with Crippen LogP contribution in [0.3, 0.4) is 0 Å². The van der Waals surface area contributed by atoms with E-state index in [-0.39, 0.29) is 5.75 Å². The maximum absolute atomic E-state index is 12.3. The lowest BCUT2D eigenvalue weighted by atomic mass is 9.96. The first-order valence-electron chi connectivity index (χ1n) is 7.60. The molecule has 0 atom stereocenters. The molecule has 0 aromatic heterocycles. The number of nitrogens with one attached hydrogen (secondary N) is 1. The van der Waals surface area contributed by atoms with Crippen molar-refractivity contribution in [3.63, 3.8) is 0 Å². The van der Waals surface area contributed by atoms with Crippen molar-refractivity contribution < 1.29 is 8.42 Å². The summed E-state index contributed by atoms with van der Waals surface area (Å²) in [5.74, 6) is 0.110. The fraction of sp³-hybridized carbons (Fsp3) is 0.333. The molecule has 0 heterocycles. The van der Waals surface area contributed by atoms with Gasteiger partial charge in [-0.2, -0.15) is 0 Å². The van der Waals surface area contributed by atoms with Crippen LogP contribution in [0.25, 0.3) is 0 Å². The predicted molar refractivity (Wildman–Crippen MR) is 96.2 cm³/mol. The summed E-state index contributed by atoms with van der Waals surface area (Å²) >= 11 is 5.88. The summed E-state index contributed by atoms with van der Waals surface area (Å²) in [6.07, 6.45) is 1.35. The average Bonchev–Trinajstić information content (AvgIpc) is 2.47. The van der Waals surface area contributed by atoms with Crippen molar-refractivity contribution in [2.45, 2.75) is 32.2 Å². The third-order valence-electron chi connectivity index (χ3n) is 3.70. The molecule has 23 heavy (non-hydrogen) atoms. The first-order valence-corrected chi connectivity index (χ1v) is 9.63. The van der Waals surface area contributed by atoms with E-state index in [0.29, 0.717) is 11.4 Å². The summed E-state index contributed by atoms with van der Waals surface area (Å²) in [4.78, 5) is 0. The van der Waals surface area contributed by atoms with Crippen LogP contribution in [0.2, 0.25) is 5.02 Å². The highest BCUT2D eigenvalue weighted by molar-refractivity contribution is 7.89. The molecule has 0 spiro atoms. The standard InChI is InChI=1S/C18H22ClNO2S/c1-18(2,16-10-12-17(19)13-11-16)20-23(21,22)14-6-9-15-7-4-3-5-8-15/h3-5,7-8,10-13,20H,6,9,14H2,1-2H3. The monoisotopic (exact) mass is 351 g/mol. The van der Waals surface area contributed by atoms with Crippen LogP contribution >= 0.6 is 11.6 Å². The Kier molecular flexibility index (Phi) is 5.84. The van der Waals surface area contributed by atoms with Gasteiger partial charge >= 0.3 is 0 Å². The van der Waals surface area contributed by atoms with Crippen molar-refractivity contribution in [3.05, 3.63) is 70.7 Å². The molecule has 2 aromatic rings. The Morgan fingerprint density at radius 3 is 2.22 bits per heavy atom. The van der Waals surface area contributed by atoms with Gasteiger partial charge < -0.3 is 0 Å². The van der Waals surface area contributed by atoms with Gasteiger partial charge in [0.25, 0.3) is 0 Å². The molecule has 0 saturated carbocycles. The van der Waals surface area contributed by atoms with Crippen molar-refractivity contribution in [3.8, 4) is 0 Å². The van der Waals surface area contributed by atoms with Gasteiger partial charge in [-0.1, -0.05) is 54.1 Å². The number of halogens is 1. The second kappa shape index (κ2) is 7.47. The molecular weight excluding hydrogens is 330 g/mol. The molecule has 0 radical (unpaired) electrons. The van der Waals surface area contributed by atoms with E-state index < -0.39 is 15.6 Å². The lowest BCUT2D eigenvalue weighted by molar-refractivity contribution is 0.471. The second-order valence-corrected chi connectivity index (χ2v) is 8.42. The predicted octanol–water partition coefficient (Wildman–Crippen LogP) is 4.13. The lowest BCUT2D eigenvalue weighted by Gasteiger charge is -2.26. The van der Waals surface area contributed by atoms with Gasteiger partial charge in [-0.3, -0.25) is 0 Å². The minimum absolute atomic E-state index is 0.110. The molecule has 0 unspecified atom stereocenters. The minimum Gasteiger partial charge on any atom is -0.212 e. The summed E-state index contributed by atoms with van der Waals surface area (Å²) in [5, 5.41) is 0.635. The summed E-state index contributed by atoms with van der Waals surface area (Å²) in [6.45, 7) is 3.70. The van der Waals surface area contributed by atoms with Gasteiger partial charge in [0, 0.05) is 5.02 Å². The zero-order chi connectivity index (χ0) is 16.9. The number of aryl methyl sites for hydroxylation is 1. The van der Waals surface area contributed by atoms with Crippen LogP contribution in [-0.2, 0) is 22.0 Å². The van der Waals surface area contributed by atoms with Crippen LogP contribution in [0.15, 0.2) is 54.6 Å².